The number of nitrogens with one attached hydrogen (secondary N) is 1. The lowest BCUT2D eigenvalue weighted by Crippen LogP contribution is -2.63. The van der Waals surface area contributed by atoms with Gasteiger partial charge in [0, 0.05) is 18.2 Å². The van der Waals surface area contributed by atoms with E-state index in [0.717, 1.165) is 0 Å². The molecule has 0 aromatic heterocycles. The topological polar surface area (TPSA) is 125 Å². The number of fused-ring (bicyclic) bond motifs is 1. The highest BCUT2D eigenvalue weighted by Crippen LogP contribution is 2.30. The number of anilines is 1. The Hall–Kier alpha value is -3.36. The molecule has 0 aliphatic carbocycles. The summed E-state index contributed by atoms with van der Waals surface area (Å²) in [4.78, 5) is 44.9. The number of rotatable bonds is 6. The van der Waals surface area contributed by atoms with E-state index in [2.05, 4.69) is 10.3 Å². The number of Topliss-reactive ketones (excluding diaryl/α,β-unsaturated/α-hetero) is 1. The number of hydrogen-bond acceptors (Lipinski definition) is 6. The lowest BCUT2D eigenvalue weighted by atomic mass is 9.97. The Balaban J connectivity index is 2.09. The smallest absolute Gasteiger partial charge is 0.277 e. The summed E-state index contributed by atoms with van der Waals surface area (Å²) in [6, 6.07) is 15.2. The summed E-state index contributed by atoms with van der Waals surface area (Å²) in [5.41, 5.74) is 6.45. The van der Waals surface area contributed by atoms with Crippen molar-refractivity contribution < 1.29 is 19.5 Å². The number of benzodiazepines with no additional fused rings is 1. The number of aliphatic hydroxyl groups excluding tert-OH is 1. The Morgan fingerprint density at radius 1 is 1.06 bits per heavy atom. The van der Waals surface area contributed by atoms with Gasteiger partial charge in [-0.3, -0.25) is 20.1 Å². The first-order valence-corrected chi connectivity index (χ1v) is 10.4. The van der Waals surface area contributed by atoms with Crippen LogP contribution in [0.4, 0.5) is 5.69 Å². The van der Waals surface area contributed by atoms with Crippen molar-refractivity contribution in [2.45, 2.75) is 38.6 Å². The molecule has 2 unspecified atom stereocenters. The van der Waals surface area contributed by atoms with Gasteiger partial charge in [-0.05, 0) is 18.9 Å². The lowest BCUT2D eigenvalue weighted by molar-refractivity contribution is -0.139. The Morgan fingerprint density at radius 3 is 2.28 bits per heavy atom. The maximum Gasteiger partial charge on any atom is 0.277 e. The van der Waals surface area contributed by atoms with Crippen LogP contribution in [0.3, 0.4) is 0 Å². The molecule has 8 heteroatoms. The SMILES string of the molecule is CC(C)C(O)C(=O)N[C@@H](C)C(=O)C1(N)N=C(c2ccccc2)c2ccccc2N(C)C1=O. The van der Waals surface area contributed by atoms with Crippen LogP contribution in [-0.2, 0) is 14.4 Å². The molecule has 1 aliphatic heterocycles. The predicted octanol–water partition coefficient (Wildman–Crippen LogP) is 1.25. The van der Waals surface area contributed by atoms with Crippen LogP contribution in [0, 0.1) is 5.92 Å². The molecule has 168 valence electrons. The van der Waals surface area contributed by atoms with Crippen LogP contribution >= 0.6 is 0 Å². The van der Waals surface area contributed by atoms with E-state index in [9.17, 15) is 19.5 Å². The van der Waals surface area contributed by atoms with Gasteiger partial charge >= 0.3 is 0 Å². The summed E-state index contributed by atoms with van der Waals surface area (Å²) in [6.07, 6.45) is -1.29. The molecule has 32 heavy (non-hydrogen) atoms. The minimum absolute atomic E-state index is 0.341. The summed E-state index contributed by atoms with van der Waals surface area (Å²) < 4.78 is 0. The highest BCUT2D eigenvalue weighted by Gasteiger charge is 2.49. The van der Waals surface area contributed by atoms with Crippen molar-refractivity contribution in [2.24, 2.45) is 16.6 Å². The van der Waals surface area contributed by atoms with Crippen molar-refractivity contribution in [2.75, 3.05) is 11.9 Å². The zero-order valence-corrected chi connectivity index (χ0v) is 18.6. The van der Waals surface area contributed by atoms with Gasteiger partial charge in [0.05, 0.1) is 17.4 Å². The molecule has 2 aromatic carbocycles. The van der Waals surface area contributed by atoms with E-state index in [1.165, 1.54) is 18.9 Å². The molecule has 0 saturated heterocycles. The van der Waals surface area contributed by atoms with Gasteiger partial charge in [-0.25, -0.2) is 4.99 Å². The average Bonchev–Trinajstić information content (AvgIpc) is 2.88. The molecule has 4 N–H and O–H groups in total. The van der Waals surface area contributed by atoms with Gasteiger partial charge in [0.1, 0.15) is 6.10 Å². The molecular formula is C24H28N4O4. The predicted molar refractivity (Wildman–Crippen MR) is 122 cm³/mol. The number of likely N-dealkylation sites (N-methyl/N-ethyl adjacent to an activating group) is 1. The number of nitrogens with two attached hydrogens (primary N) is 1. The first kappa shape index (κ1) is 23.3. The van der Waals surface area contributed by atoms with E-state index in [1.807, 2.05) is 42.5 Å². The number of aliphatic imine (C=N–C) groups is 1. The van der Waals surface area contributed by atoms with Crippen molar-refractivity contribution in [1.82, 2.24) is 5.32 Å². The molecule has 2 amide bonds. The number of carbonyl (C=O) groups is 3. The Kier molecular flexibility index (Phi) is 6.57. The highest BCUT2D eigenvalue weighted by atomic mass is 16.3. The van der Waals surface area contributed by atoms with Crippen LogP contribution in [0.15, 0.2) is 59.6 Å². The Morgan fingerprint density at radius 2 is 1.66 bits per heavy atom. The Labute approximate surface area is 187 Å². The van der Waals surface area contributed by atoms with Crippen molar-refractivity contribution in [3.63, 3.8) is 0 Å². The molecule has 1 aliphatic rings. The summed E-state index contributed by atoms with van der Waals surface area (Å²) in [7, 11) is 1.53. The second-order valence-electron chi connectivity index (χ2n) is 8.26. The van der Waals surface area contributed by atoms with Gasteiger partial charge in [0.15, 0.2) is 0 Å². The number of amides is 2. The quantitative estimate of drug-likeness (QED) is 0.588. The molecule has 3 atom stereocenters. The maximum atomic E-state index is 13.4. The van der Waals surface area contributed by atoms with Gasteiger partial charge in [-0.1, -0.05) is 62.4 Å². The number of benzene rings is 2. The largest absolute Gasteiger partial charge is 0.383 e. The molecule has 8 nitrogen and oxygen atoms in total. The monoisotopic (exact) mass is 436 g/mol. The molecule has 1 heterocycles. The van der Waals surface area contributed by atoms with E-state index in [4.69, 9.17) is 5.73 Å². The maximum absolute atomic E-state index is 13.4. The van der Waals surface area contributed by atoms with Gasteiger partial charge in [0.2, 0.25) is 17.4 Å². The minimum atomic E-state index is -2.27. The fourth-order valence-corrected chi connectivity index (χ4v) is 3.59. The molecular weight excluding hydrogens is 408 g/mol. The second-order valence-corrected chi connectivity index (χ2v) is 8.26. The third-order valence-corrected chi connectivity index (χ3v) is 5.51. The summed E-state index contributed by atoms with van der Waals surface area (Å²) >= 11 is 0. The minimum Gasteiger partial charge on any atom is -0.383 e. The molecule has 2 aromatic rings. The second kappa shape index (κ2) is 9.02. The number of para-hydroxylation sites is 1. The van der Waals surface area contributed by atoms with Crippen LogP contribution in [-0.4, -0.2) is 53.3 Å². The van der Waals surface area contributed by atoms with E-state index in [0.29, 0.717) is 22.5 Å². The van der Waals surface area contributed by atoms with Crippen LogP contribution in [0.1, 0.15) is 31.9 Å². The third-order valence-electron chi connectivity index (χ3n) is 5.51. The number of nitrogens with zero attached hydrogens (tertiary/aromatic N) is 2. The van der Waals surface area contributed by atoms with Crippen molar-refractivity contribution in [3.8, 4) is 0 Å². The number of carbonyl (C=O) groups excluding carboxylic acids is 3. The van der Waals surface area contributed by atoms with Gasteiger partial charge in [-0.15, -0.1) is 0 Å². The standard InChI is InChI=1S/C24H28N4O4/c1-14(2)20(29)22(31)26-15(3)21(30)24(25)23(32)28(4)18-13-9-8-12-17(18)19(27-24)16-10-6-5-7-11-16/h5-15,20,29H,25H2,1-4H3,(H,26,31)/t15-,20?,24?/m0/s1. The van der Waals surface area contributed by atoms with Crippen LogP contribution in [0.2, 0.25) is 0 Å². The number of ketones is 1. The fourth-order valence-electron chi connectivity index (χ4n) is 3.59. The van der Waals surface area contributed by atoms with Gasteiger partial charge in [-0.2, -0.15) is 0 Å². The van der Waals surface area contributed by atoms with Crippen molar-refractivity contribution in [1.29, 1.82) is 0 Å². The van der Waals surface area contributed by atoms with Crippen LogP contribution in [0.25, 0.3) is 0 Å². The van der Waals surface area contributed by atoms with Crippen LogP contribution in [0.5, 0.6) is 0 Å². The fraction of sp³-hybridized carbons (Fsp3) is 0.333. The zero-order chi connectivity index (χ0) is 23.6. The number of hydrogen-bond donors (Lipinski definition) is 3. The van der Waals surface area contributed by atoms with E-state index in [-0.39, 0.29) is 5.92 Å². The number of aliphatic hydroxyl groups is 1. The normalized spacial score (nSPS) is 20.2. The highest BCUT2D eigenvalue weighted by molar-refractivity contribution is 6.26. The summed E-state index contributed by atoms with van der Waals surface area (Å²) in [5, 5.41) is 12.4. The molecule has 0 bridgehead atoms. The van der Waals surface area contributed by atoms with E-state index in [1.54, 1.807) is 26.0 Å². The molecule has 0 saturated carbocycles. The first-order chi connectivity index (χ1) is 15.1. The summed E-state index contributed by atoms with van der Waals surface area (Å²) in [6.45, 7) is 4.78. The van der Waals surface area contributed by atoms with E-state index < -0.39 is 35.4 Å². The van der Waals surface area contributed by atoms with E-state index >= 15 is 0 Å². The average molecular weight is 437 g/mol. The zero-order valence-electron chi connectivity index (χ0n) is 18.6. The van der Waals surface area contributed by atoms with Crippen molar-refractivity contribution >= 4 is 29.0 Å². The van der Waals surface area contributed by atoms with Crippen LogP contribution < -0.4 is 16.0 Å². The third kappa shape index (κ3) is 4.19. The summed E-state index contributed by atoms with van der Waals surface area (Å²) in [5.74, 6) is -2.55. The lowest BCUT2D eigenvalue weighted by Gasteiger charge is -2.29. The molecule has 3 rings (SSSR count). The molecule has 0 fully saturated rings. The van der Waals surface area contributed by atoms with Crippen molar-refractivity contribution in [3.05, 3.63) is 65.7 Å². The van der Waals surface area contributed by atoms with Gasteiger partial charge < -0.3 is 15.3 Å². The van der Waals surface area contributed by atoms with Gasteiger partial charge in [0.25, 0.3) is 5.91 Å². The molecule has 0 spiro atoms. The molecule has 0 radical (unpaired) electrons. The Bertz CT molecular complexity index is 1070. The first-order valence-electron chi connectivity index (χ1n) is 10.4.